The molecule has 3 aliphatic rings. The molecule has 1 heterocycles. The molecule has 1 amide bonds. The molecule has 3 nitrogen and oxygen atoms in total. The average molecular weight is 406 g/mol. The standard InChI is InChI=1S/C10H18.C9H9NOS.C3H6O.C2H6/c1-7-4-8-6-9(5-7)10(8,2)3;1-3-6-7(9(10)11)5-12-8(6)4-2;1-2-3-4;1-2/h7-9H,4-6H2,1-3H3;3-5H,1-2H2,(H2,10,11);3H,2H2,1H3;1-2H3. The van der Waals surface area contributed by atoms with Gasteiger partial charge < -0.3 is 10.5 Å². The number of thiophene rings is 1. The van der Waals surface area contributed by atoms with Gasteiger partial charge in [0.25, 0.3) is 0 Å². The van der Waals surface area contributed by atoms with Crippen molar-refractivity contribution in [2.45, 2.75) is 67.2 Å². The summed E-state index contributed by atoms with van der Waals surface area (Å²) >= 11 is 1.44. The third-order valence-electron chi connectivity index (χ3n) is 5.73. The Morgan fingerprint density at radius 3 is 2.00 bits per heavy atom. The number of hydrogen-bond acceptors (Lipinski definition) is 3. The van der Waals surface area contributed by atoms with E-state index in [0.29, 0.717) is 17.4 Å². The topological polar surface area (TPSA) is 60.2 Å². The Morgan fingerprint density at radius 1 is 1.21 bits per heavy atom. The Kier molecular flexibility index (Phi) is 12.0. The molecule has 2 atom stereocenters. The summed E-state index contributed by atoms with van der Waals surface area (Å²) in [6.45, 7) is 20.4. The summed E-state index contributed by atoms with van der Waals surface area (Å²) in [4.78, 5) is 21.0. The molecular weight excluding hydrogens is 366 g/mol. The van der Waals surface area contributed by atoms with Crippen LogP contribution in [-0.4, -0.2) is 12.2 Å². The van der Waals surface area contributed by atoms with E-state index in [1.807, 2.05) is 20.8 Å². The van der Waals surface area contributed by atoms with Crippen LogP contribution in [0, 0.1) is 23.2 Å². The number of carbonyl (C=O) groups is 2. The van der Waals surface area contributed by atoms with Gasteiger partial charge in [-0.05, 0) is 42.4 Å². The molecule has 2 N–H and O–H groups in total. The number of primary amides is 1. The lowest BCUT2D eigenvalue weighted by Crippen LogP contribution is -2.50. The van der Waals surface area contributed by atoms with Crippen LogP contribution in [0.3, 0.4) is 0 Å². The normalized spacial score (nSPS) is 23.0. The van der Waals surface area contributed by atoms with E-state index in [2.05, 4.69) is 33.9 Å². The Bertz CT molecular complexity index is 631. The van der Waals surface area contributed by atoms with E-state index in [1.54, 1.807) is 17.5 Å². The second-order valence-electron chi connectivity index (χ2n) is 7.80. The highest BCUT2D eigenvalue weighted by Gasteiger charge is 2.51. The van der Waals surface area contributed by atoms with Crippen LogP contribution in [0.15, 0.2) is 18.5 Å². The zero-order chi connectivity index (χ0) is 21.9. The van der Waals surface area contributed by atoms with E-state index in [0.717, 1.165) is 34.5 Å². The highest BCUT2D eigenvalue weighted by Crippen LogP contribution is 2.60. The van der Waals surface area contributed by atoms with Crippen LogP contribution < -0.4 is 5.73 Å². The molecule has 0 aliphatic heterocycles. The van der Waals surface area contributed by atoms with E-state index in [-0.39, 0.29) is 0 Å². The van der Waals surface area contributed by atoms with Crippen molar-refractivity contribution in [3.63, 3.8) is 0 Å². The minimum atomic E-state index is -0.422. The third kappa shape index (κ3) is 6.73. The number of carbonyl (C=O) groups excluding carboxylic acids is 2. The summed E-state index contributed by atoms with van der Waals surface area (Å²) < 4.78 is 0. The maximum atomic E-state index is 10.9. The smallest absolute Gasteiger partial charge is 0.250 e. The first-order valence-electron chi connectivity index (χ1n) is 10.3. The van der Waals surface area contributed by atoms with Gasteiger partial charge in [0.05, 0.1) is 5.56 Å². The lowest BCUT2D eigenvalue weighted by molar-refractivity contribution is -0.107. The molecule has 3 saturated carbocycles. The second kappa shape index (κ2) is 12.7. The first-order valence-corrected chi connectivity index (χ1v) is 11.2. The van der Waals surface area contributed by atoms with Crippen molar-refractivity contribution in [1.82, 2.24) is 0 Å². The quantitative estimate of drug-likeness (QED) is 0.558. The number of rotatable bonds is 4. The van der Waals surface area contributed by atoms with E-state index >= 15 is 0 Å². The molecule has 0 radical (unpaired) electrons. The fourth-order valence-electron chi connectivity index (χ4n) is 3.93. The fourth-order valence-corrected chi connectivity index (χ4v) is 4.84. The van der Waals surface area contributed by atoms with Crippen LogP contribution in [0.4, 0.5) is 0 Å². The number of amides is 1. The predicted molar refractivity (Wildman–Crippen MR) is 124 cm³/mol. The monoisotopic (exact) mass is 405 g/mol. The number of nitrogens with two attached hydrogens (primary N) is 1. The molecule has 4 rings (SSSR count). The molecule has 28 heavy (non-hydrogen) atoms. The Balaban J connectivity index is 0.000000412. The SMILES string of the molecule is C=Cc1scc(C(N)=O)c1C=C.CC.CC1CC2CC(C1)C2(C)C.CCC=O. The molecule has 2 bridgehead atoms. The molecule has 1 aromatic heterocycles. The summed E-state index contributed by atoms with van der Waals surface area (Å²) in [6, 6.07) is 0. The predicted octanol–water partition coefficient (Wildman–Crippen LogP) is 6.83. The first-order chi connectivity index (χ1) is 13.2. The number of fused-ring (bicyclic) bond motifs is 2. The molecule has 0 aromatic carbocycles. The van der Waals surface area contributed by atoms with Crippen LogP contribution in [-0.2, 0) is 4.79 Å². The molecule has 3 aliphatic carbocycles. The van der Waals surface area contributed by atoms with Crippen molar-refractivity contribution >= 4 is 35.7 Å². The summed E-state index contributed by atoms with van der Waals surface area (Å²) in [6.07, 6.45) is 9.37. The average Bonchev–Trinajstić information content (AvgIpc) is 3.13. The van der Waals surface area contributed by atoms with Crippen LogP contribution in [0.5, 0.6) is 0 Å². The van der Waals surface area contributed by atoms with Gasteiger partial charge in [-0.1, -0.05) is 66.9 Å². The second-order valence-corrected chi connectivity index (χ2v) is 8.71. The van der Waals surface area contributed by atoms with Gasteiger partial charge in [0, 0.05) is 22.2 Å². The van der Waals surface area contributed by atoms with E-state index in [1.165, 1.54) is 30.6 Å². The Labute approximate surface area is 176 Å². The zero-order valence-electron chi connectivity index (χ0n) is 18.6. The van der Waals surface area contributed by atoms with Crippen molar-refractivity contribution in [2.75, 3.05) is 0 Å². The maximum absolute atomic E-state index is 10.9. The van der Waals surface area contributed by atoms with Gasteiger partial charge in [-0.15, -0.1) is 11.3 Å². The molecule has 2 unspecified atom stereocenters. The first kappa shape index (κ1) is 26.3. The molecule has 0 saturated heterocycles. The van der Waals surface area contributed by atoms with Gasteiger partial charge >= 0.3 is 0 Å². The third-order valence-corrected chi connectivity index (χ3v) is 6.72. The number of aldehydes is 1. The lowest BCUT2D eigenvalue weighted by atomic mass is 9.47. The minimum absolute atomic E-state index is 0.422. The van der Waals surface area contributed by atoms with Gasteiger partial charge in [0.2, 0.25) is 5.91 Å². The largest absolute Gasteiger partial charge is 0.366 e. The van der Waals surface area contributed by atoms with Gasteiger partial charge in [-0.25, -0.2) is 0 Å². The van der Waals surface area contributed by atoms with Gasteiger partial charge in [-0.3, -0.25) is 4.79 Å². The maximum Gasteiger partial charge on any atom is 0.250 e. The highest BCUT2D eigenvalue weighted by atomic mass is 32.1. The molecule has 3 fully saturated rings. The van der Waals surface area contributed by atoms with Crippen LogP contribution in [0.1, 0.15) is 88.0 Å². The molecule has 158 valence electrons. The molecule has 4 heteroatoms. The Hall–Kier alpha value is -1.68. The van der Waals surface area contributed by atoms with Crippen LogP contribution in [0.25, 0.3) is 12.2 Å². The van der Waals surface area contributed by atoms with Gasteiger partial charge in [-0.2, -0.15) is 0 Å². The Morgan fingerprint density at radius 2 is 1.71 bits per heavy atom. The van der Waals surface area contributed by atoms with Crippen molar-refractivity contribution in [2.24, 2.45) is 28.9 Å². The summed E-state index contributed by atoms with van der Waals surface area (Å²) in [7, 11) is 0. The molecular formula is C24H39NO2S. The van der Waals surface area contributed by atoms with Crippen LogP contribution in [0.2, 0.25) is 0 Å². The minimum Gasteiger partial charge on any atom is -0.366 e. The fraction of sp³-hybridized carbons (Fsp3) is 0.583. The van der Waals surface area contributed by atoms with E-state index in [9.17, 15) is 9.59 Å². The van der Waals surface area contributed by atoms with Crippen molar-refractivity contribution in [3.8, 4) is 0 Å². The lowest BCUT2D eigenvalue weighted by Gasteiger charge is -2.58. The van der Waals surface area contributed by atoms with Crippen molar-refractivity contribution < 1.29 is 9.59 Å². The highest BCUT2D eigenvalue weighted by molar-refractivity contribution is 7.11. The van der Waals surface area contributed by atoms with Crippen molar-refractivity contribution in [1.29, 1.82) is 0 Å². The van der Waals surface area contributed by atoms with Crippen molar-refractivity contribution in [3.05, 3.63) is 34.5 Å². The summed E-state index contributed by atoms with van der Waals surface area (Å²) in [5.74, 6) is 2.74. The molecule has 1 aromatic rings. The van der Waals surface area contributed by atoms with E-state index in [4.69, 9.17) is 5.73 Å². The summed E-state index contributed by atoms with van der Waals surface area (Å²) in [5.41, 5.74) is 7.16. The summed E-state index contributed by atoms with van der Waals surface area (Å²) in [5, 5.41) is 1.72. The van der Waals surface area contributed by atoms with Gasteiger partial charge in [0.15, 0.2) is 0 Å². The molecule has 0 spiro atoms. The zero-order valence-corrected chi connectivity index (χ0v) is 19.4. The number of hydrogen-bond donors (Lipinski definition) is 1. The van der Waals surface area contributed by atoms with E-state index < -0.39 is 5.91 Å². The van der Waals surface area contributed by atoms with Gasteiger partial charge in [0.1, 0.15) is 6.29 Å². The van der Waals surface area contributed by atoms with Crippen LogP contribution >= 0.6 is 11.3 Å².